The Morgan fingerprint density at radius 2 is 1.95 bits per heavy atom. The van der Waals surface area contributed by atoms with Gasteiger partial charge in [-0.1, -0.05) is 18.2 Å². The molecule has 0 spiro atoms. The van der Waals surface area contributed by atoms with Crippen molar-refractivity contribution in [2.75, 3.05) is 20.2 Å². The molecule has 0 unspecified atom stereocenters. The van der Waals surface area contributed by atoms with Crippen LogP contribution in [0.5, 0.6) is 5.75 Å². The first-order valence-corrected chi connectivity index (χ1v) is 7.33. The molecule has 1 amide bonds. The highest BCUT2D eigenvalue weighted by atomic mass is 16.5. The summed E-state index contributed by atoms with van der Waals surface area (Å²) >= 11 is 0. The van der Waals surface area contributed by atoms with E-state index in [0.717, 1.165) is 5.56 Å². The van der Waals surface area contributed by atoms with Crippen LogP contribution in [0.1, 0.15) is 29.0 Å². The van der Waals surface area contributed by atoms with E-state index in [4.69, 9.17) is 9.15 Å². The molecule has 1 aromatic heterocycles. The standard InChI is InChI=1S/C17H19NO4/c1-21-14-6-3-2-5-13(14)17(20)8-10-18(11-9-17)16(19)15-7-4-12-22-15/h2-7,12,20H,8-11H2,1H3. The third-order valence-electron chi connectivity index (χ3n) is 4.22. The molecule has 2 aromatic rings. The maximum Gasteiger partial charge on any atom is 0.289 e. The van der Waals surface area contributed by atoms with Gasteiger partial charge in [-0.2, -0.15) is 0 Å². The molecule has 1 aliphatic heterocycles. The number of likely N-dealkylation sites (tertiary alicyclic amines) is 1. The summed E-state index contributed by atoms with van der Waals surface area (Å²) in [5.41, 5.74) is -0.186. The van der Waals surface area contributed by atoms with Crippen molar-refractivity contribution in [2.45, 2.75) is 18.4 Å². The predicted octanol–water partition coefficient (Wildman–Crippen LogP) is 2.41. The number of amides is 1. The molecular weight excluding hydrogens is 282 g/mol. The number of benzene rings is 1. The fourth-order valence-corrected chi connectivity index (χ4v) is 2.93. The lowest BCUT2D eigenvalue weighted by Crippen LogP contribution is -2.45. The first kappa shape index (κ1) is 14.7. The summed E-state index contributed by atoms with van der Waals surface area (Å²) in [7, 11) is 1.59. The number of rotatable bonds is 3. The van der Waals surface area contributed by atoms with Gasteiger partial charge in [-0.15, -0.1) is 0 Å². The second-order valence-electron chi connectivity index (χ2n) is 5.50. The van der Waals surface area contributed by atoms with Crippen molar-refractivity contribution >= 4 is 5.91 Å². The third-order valence-corrected chi connectivity index (χ3v) is 4.22. The summed E-state index contributed by atoms with van der Waals surface area (Å²) in [5, 5.41) is 10.9. The van der Waals surface area contributed by atoms with Crippen LogP contribution in [0.3, 0.4) is 0 Å². The normalized spacial score (nSPS) is 17.3. The SMILES string of the molecule is COc1ccccc1C1(O)CCN(C(=O)c2ccco2)CC1. The highest BCUT2D eigenvalue weighted by Gasteiger charge is 2.37. The Kier molecular flexibility index (Phi) is 3.90. The lowest BCUT2D eigenvalue weighted by Gasteiger charge is -2.38. The predicted molar refractivity (Wildman–Crippen MR) is 80.7 cm³/mol. The molecule has 0 radical (unpaired) electrons. The molecule has 5 heteroatoms. The first-order valence-electron chi connectivity index (χ1n) is 7.33. The van der Waals surface area contributed by atoms with Gasteiger partial charge < -0.3 is 19.2 Å². The van der Waals surface area contributed by atoms with E-state index in [2.05, 4.69) is 0 Å². The number of methoxy groups -OCH3 is 1. The van der Waals surface area contributed by atoms with Crippen LogP contribution in [-0.2, 0) is 5.60 Å². The van der Waals surface area contributed by atoms with E-state index < -0.39 is 5.60 Å². The molecule has 0 bridgehead atoms. The Bertz CT molecular complexity index is 642. The topological polar surface area (TPSA) is 62.9 Å². The van der Waals surface area contributed by atoms with Gasteiger partial charge >= 0.3 is 0 Å². The fraction of sp³-hybridized carbons (Fsp3) is 0.353. The zero-order valence-electron chi connectivity index (χ0n) is 12.5. The molecule has 2 heterocycles. The number of hydrogen-bond donors (Lipinski definition) is 1. The van der Waals surface area contributed by atoms with Crippen molar-refractivity contribution in [3.8, 4) is 5.75 Å². The van der Waals surface area contributed by atoms with Crippen molar-refractivity contribution in [2.24, 2.45) is 0 Å². The summed E-state index contributed by atoms with van der Waals surface area (Å²) in [6.07, 6.45) is 2.43. The number of hydrogen-bond acceptors (Lipinski definition) is 4. The van der Waals surface area contributed by atoms with Crippen molar-refractivity contribution in [1.82, 2.24) is 4.90 Å². The molecule has 22 heavy (non-hydrogen) atoms. The van der Waals surface area contributed by atoms with Gasteiger partial charge in [0.15, 0.2) is 5.76 Å². The summed E-state index contributed by atoms with van der Waals surface area (Å²) in [4.78, 5) is 14.0. The maximum atomic E-state index is 12.3. The molecule has 0 saturated carbocycles. The molecule has 116 valence electrons. The van der Waals surface area contributed by atoms with Gasteiger partial charge in [-0.3, -0.25) is 4.79 Å². The van der Waals surface area contributed by atoms with Crippen LogP contribution in [0.4, 0.5) is 0 Å². The summed E-state index contributed by atoms with van der Waals surface area (Å²) < 4.78 is 10.5. The summed E-state index contributed by atoms with van der Waals surface area (Å²) in [5.74, 6) is 0.880. The summed E-state index contributed by atoms with van der Waals surface area (Å²) in [6.45, 7) is 0.960. The fourth-order valence-electron chi connectivity index (χ4n) is 2.93. The number of carbonyl (C=O) groups is 1. The zero-order chi connectivity index (χ0) is 15.6. The van der Waals surface area contributed by atoms with E-state index in [1.54, 1.807) is 24.1 Å². The van der Waals surface area contributed by atoms with Gasteiger partial charge in [0.25, 0.3) is 5.91 Å². The van der Waals surface area contributed by atoms with Crippen LogP contribution in [0.15, 0.2) is 47.1 Å². The first-order chi connectivity index (χ1) is 10.6. The van der Waals surface area contributed by atoms with Crippen LogP contribution >= 0.6 is 0 Å². The van der Waals surface area contributed by atoms with E-state index in [9.17, 15) is 9.90 Å². The van der Waals surface area contributed by atoms with E-state index in [0.29, 0.717) is 37.4 Å². The zero-order valence-corrected chi connectivity index (χ0v) is 12.5. The monoisotopic (exact) mass is 301 g/mol. The third kappa shape index (κ3) is 2.60. The minimum atomic E-state index is -0.966. The number of para-hydroxylation sites is 1. The number of piperidine rings is 1. The molecule has 5 nitrogen and oxygen atoms in total. The second kappa shape index (κ2) is 5.85. The van der Waals surface area contributed by atoms with Gasteiger partial charge in [-0.25, -0.2) is 0 Å². The van der Waals surface area contributed by atoms with Crippen molar-refractivity contribution in [1.29, 1.82) is 0 Å². The molecule has 1 saturated heterocycles. The van der Waals surface area contributed by atoms with Crippen molar-refractivity contribution in [3.05, 3.63) is 54.0 Å². The van der Waals surface area contributed by atoms with E-state index in [1.165, 1.54) is 6.26 Å². The average molecular weight is 301 g/mol. The number of carbonyl (C=O) groups excluding carboxylic acids is 1. The van der Waals surface area contributed by atoms with Gasteiger partial charge in [0.05, 0.1) is 19.0 Å². The minimum Gasteiger partial charge on any atom is -0.496 e. The number of aliphatic hydroxyl groups is 1. The van der Waals surface area contributed by atoms with Crippen molar-refractivity contribution in [3.63, 3.8) is 0 Å². The molecule has 3 rings (SSSR count). The highest BCUT2D eigenvalue weighted by Crippen LogP contribution is 2.38. The van der Waals surface area contributed by atoms with Gasteiger partial charge in [0.2, 0.25) is 0 Å². The van der Waals surface area contributed by atoms with E-state index in [1.807, 2.05) is 24.3 Å². The van der Waals surface area contributed by atoms with Gasteiger partial charge in [0, 0.05) is 18.7 Å². The van der Waals surface area contributed by atoms with E-state index in [-0.39, 0.29) is 5.91 Å². The quantitative estimate of drug-likeness (QED) is 0.945. The Balaban J connectivity index is 1.74. The van der Waals surface area contributed by atoms with Crippen LogP contribution in [0.25, 0.3) is 0 Å². The molecule has 1 aliphatic rings. The Hall–Kier alpha value is -2.27. The Morgan fingerprint density at radius 3 is 2.59 bits per heavy atom. The van der Waals surface area contributed by atoms with Gasteiger partial charge in [-0.05, 0) is 31.0 Å². The molecule has 1 aromatic carbocycles. The molecule has 1 fully saturated rings. The summed E-state index contributed by atoms with van der Waals surface area (Å²) in [6, 6.07) is 10.8. The smallest absolute Gasteiger partial charge is 0.289 e. The number of nitrogens with zero attached hydrogens (tertiary/aromatic N) is 1. The van der Waals surface area contributed by atoms with Gasteiger partial charge in [0.1, 0.15) is 5.75 Å². The lowest BCUT2D eigenvalue weighted by atomic mass is 9.84. The Labute approximate surface area is 129 Å². The molecule has 0 aliphatic carbocycles. The maximum absolute atomic E-state index is 12.3. The number of furan rings is 1. The number of ether oxygens (including phenoxy) is 1. The Morgan fingerprint density at radius 1 is 1.23 bits per heavy atom. The lowest BCUT2D eigenvalue weighted by molar-refractivity contribution is -0.0232. The van der Waals surface area contributed by atoms with Crippen molar-refractivity contribution < 1.29 is 19.1 Å². The van der Waals surface area contributed by atoms with E-state index >= 15 is 0 Å². The van der Waals surface area contributed by atoms with Crippen LogP contribution in [0.2, 0.25) is 0 Å². The average Bonchev–Trinajstić information content (AvgIpc) is 3.09. The van der Waals surface area contributed by atoms with Crippen LogP contribution in [-0.4, -0.2) is 36.1 Å². The largest absolute Gasteiger partial charge is 0.496 e. The second-order valence-corrected chi connectivity index (χ2v) is 5.50. The molecular formula is C17H19NO4. The van der Waals surface area contributed by atoms with Crippen LogP contribution < -0.4 is 4.74 Å². The molecule has 1 N–H and O–H groups in total. The minimum absolute atomic E-state index is 0.132. The molecule has 0 atom stereocenters. The van der Waals surface area contributed by atoms with Crippen LogP contribution in [0, 0.1) is 0 Å². The highest BCUT2D eigenvalue weighted by molar-refractivity contribution is 5.91.